The van der Waals surface area contributed by atoms with Gasteiger partial charge in [-0.2, -0.15) is 0 Å². The number of furan rings is 1. The molecule has 2 aliphatic carbocycles. The second-order valence-corrected chi connectivity index (χ2v) is 18.3. The Morgan fingerprint density at radius 1 is 0.318 bits per heavy atom. The van der Waals surface area contributed by atoms with E-state index in [1.807, 2.05) is 6.07 Å². The number of fused-ring (bicyclic) bond motifs is 12. The molecule has 2 heteroatoms. The average Bonchev–Trinajstić information content (AvgIpc) is 3.89. The second kappa shape index (κ2) is 14.7. The monoisotopic (exact) mass is 843 g/mol. The lowest BCUT2D eigenvalue weighted by atomic mass is 9.55. The fourth-order valence-electron chi connectivity index (χ4n) is 11.7. The molecule has 2 nitrogen and oxygen atoms in total. The second-order valence-electron chi connectivity index (χ2n) is 18.3. The van der Waals surface area contributed by atoms with Crippen LogP contribution in [0.25, 0.3) is 66.4 Å². The largest absolute Gasteiger partial charge is 0.456 e. The van der Waals surface area contributed by atoms with Crippen molar-refractivity contribution < 1.29 is 4.42 Å². The zero-order valence-corrected chi connectivity index (χ0v) is 36.9. The van der Waals surface area contributed by atoms with Crippen molar-refractivity contribution >= 4 is 39.0 Å². The molecule has 0 bridgehead atoms. The number of nitrogens with zero attached hydrogens (tertiary/aromatic N) is 1. The van der Waals surface area contributed by atoms with Crippen molar-refractivity contribution in [2.75, 3.05) is 4.90 Å². The first-order valence-electron chi connectivity index (χ1n) is 23.0. The van der Waals surface area contributed by atoms with Gasteiger partial charge in [0.25, 0.3) is 0 Å². The van der Waals surface area contributed by atoms with E-state index in [2.05, 4.69) is 249 Å². The van der Waals surface area contributed by atoms with E-state index >= 15 is 0 Å². The Bertz CT molecular complexity index is 3650. The molecule has 66 heavy (non-hydrogen) atoms. The summed E-state index contributed by atoms with van der Waals surface area (Å²) < 4.78 is 6.64. The summed E-state index contributed by atoms with van der Waals surface area (Å²) in [6, 6.07) is 87.1. The molecule has 1 aromatic heterocycles. The molecular weight excluding hydrogens is 799 g/mol. The molecule has 0 saturated heterocycles. The molecule has 10 aromatic carbocycles. The molecule has 1 heterocycles. The van der Waals surface area contributed by atoms with Crippen molar-refractivity contribution in [3.8, 4) is 44.5 Å². The van der Waals surface area contributed by atoms with E-state index < -0.39 is 5.41 Å². The van der Waals surface area contributed by atoms with Crippen LogP contribution in [0.1, 0.15) is 47.2 Å². The summed E-state index contributed by atoms with van der Waals surface area (Å²) in [6.07, 6.45) is 0. The van der Waals surface area contributed by atoms with Crippen molar-refractivity contribution in [3.63, 3.8) is 0 Å². The summed E-state index contributed by atoms with van der Waals surface area (Å²) >= 11 is 0. The summed E-state index contributed by atoms with van der Waals surface area (Å²) in [5.41, 5.74) is 21.8. The quantitative estimate of drug-likeness (QED) is 0.166. The van der Waals surface area contributed by atoms with Gasteiger partial charge in [0, 0.05) is 39.2 Å². The summed E-state index contributed by atoms with van der Waals surface area (Å²) in [5, 5.41) is 2.22. The highest BCUT2D eigenvalue weighted by molar-refractivity contribution is 6.07. The third-order valence-corrected chi connectivity index (χ3v) is 14.6. The van der Waals surface area contributed by atoms with Crippen LogP contribution in [0.5, 0.6) is 0 Å². The summed E-state index contributed by atoms with van der Waals surface area (Å²) in [4.78, 5) is 2.46. The van der Waals surface area contributed by atoms with Gasteiger partial charge >= 0.3 is 0 Å². The molecule has 312 valence electrons. The Morgan fingerprint density at radius 2 is 0.788 bits per heavy atom. The summed E-state index contributed by atoms with van der Waals surface area (Å²) in [7, 11) is 0. The van der Waals surface area contributed by atoms with Crippen LogP contribution in [-0.2, 0) is 10.8 Å². The van der Waals surface area contributed by atoms with Crippen LogP contribution in [0.2, 0.25) is 0 Å². The Balaban J connectivity index is 1.09. The number of rotatable bonds is 6. The van der Waals surface area contributed by atoms with Gasteiger partial charge in [-0.1, -0.05) is 208 Å². The number of benzene rings is 10. The zero-order valence-electron chi connectivity index (χ0n) is 36.9. The Hall–Kier alpha value is -8.20. The number of hydrogen-bond acceptors (Lipinski definition) is 2. The zero-order chi connectivity index (χ0) is 44.0. The minimum Gasteiger partial charge on any atom is -0.456 e. The normalized spacial score (nSPS) is 13.8. The minimum absolute atomic E-state index is 0.187. The van der Waals surface area contributed by atoms with Gasteiger partial charge in [-0.05, 0) is 109 Å². The van der Waals surface area contributed by atoms with Crippen molar-refractivity contribution in [1.29, 1.82) is 0 Å². The molecule has 0 atom stereocenters. The van der Waals surface area contributed by atoms with Gasteiger partial charge in [0.1, 0.15) is 11.2 Å². The van der Waals surface area contributed by atoms with E-state index in [1.165, 1.54) is 66.8 Å². The van der Waals surface area contributed by atoms with Crippen molar-refractivity contribution in [2.24, 2.45) is 0 Å². The van der Waals surface area contributed by atoms with E-state index in [1.54, 1.807) is 0 Å². The highest BCUT2D eigenvalue weighted by Crippen LogP contribution is 2.63. The molecule has 11 aromatic rings. The predicted molar refractivity (Wildman–Crippen MR) is 274 cm³/mol. The van der Waals surface area contributed by atoms with Gasteiger partial charge in [0.05, 0.1) is 11.1 Å². The third kappa shape index (κ3) is 5.48. The molecule has 0 saturated carbocycles. The van der Waals surface area contributed by atoms with Crippen LogP contribution >= 0.6 is 0 Å². The Morgan fingerprint density at radius 3 is 1.50 bits per heavy atom. The highest BCUT2D eigenvalue weighted by Gasteiger charge is 2.53. The molecule has 0 aliphatic heterocycles. The Kier molecular flexibility index (Phi) is 8.51. The first kappa shape index (κ1) is 38.3. The Labute approximate surface area is 385 Å². The average molecular weight is 844 g/mol. The maximum absolute atomic E-state index is 6.64. The van der Waals surface area contributed by atoms with Gasteiger partial charge in [0.15, 0.2) is 0 Å². The maximum Gasteiger partial charge on any atom is 0.137 e. The van der Waals surface area contributed by atoms with Crippen LogP contribution in [0.3, 0.4) is 0 Å². The van der Waals surface area contributed by atoms with E-state index in [0.29, 0.717) is 0 Å². The molecule has 0 N–H and O–H groups in total. The minimum atomic E-state index is -0.535. The smallest absolute Gasteiger partial charge is 0.137 e. The molecule has 0 amide bonds. The molecule has 2 aliphatic rings. The topological polar surface area (TPSA) is 16.4 Å². The molecule has 0 fully saturated rings. The van der Waals surface area contributed by atoms with Gasteiger partial charge in [-0.25, -0.2) is 0 Å². The lowest BCUT2D eigenvalue weighted by Gasteiger charge is -2.46. The van der Waals surface area contributed by atoms with Gasteiger partial charge in [0.2, 0.25) is 0 Å². The van der Waals surface area contributed by atoms with Gasteiger partial charge < -0.3 is 9.32 Å². The van der Waals surface area contributed by atoms with Gasteiger partial charge in [-0.3, -0.25) is 0 Å². The maximum atomic E-state index is 6.64. The van der Waals surface area contributed by atoms with E-state index in [-0.39, 0.29) is 5.41 Å². The first-order chi connectivity index (χ1) is 32.5. The predicted octanol–water partition coefficient (Wildman–Crippen LogP) is 17.1. The molecule has 0 unspecified atom stereocenters. The summed E-state index contributed by atoms with van der Waals surface area (Å²) in [6.45, 7) is 4.78. The molecule has 0 radical (unpaired) electrons. The lowest BCUT2D eigenvalue weighted by molar-refractivity contribution is 0.563. The number of para-hydroxylation sites is 2. The number of anilines is 3. The van der Waals surface area contributed by atoms with Crippen LogP contribution in [0, 0.1) is 0 Å². The van der Waals surface area contributed by atoms with E-state index in [9.17, 15) is 0 Å². The van der Waals surface area contributed by atoms with Crippen molar-refractivity contribution in [2.45, 2.75) is 24.7 Å². The fraction of sp³-hybridized carbons (Fsp3) is 0.0625. The van der Waals surface area contributed by atoms with Crippen LogP contribution in [0.15, 0.2) is 241 Å². The fourth-order valence-corrected chi connectivity index (χ4v) is 11.7. The van der Waals surface area contributed by atoms with E-state index in [0.717, 1.165) is 50.1 Å². The summed E-state index contributed by atoms with van der Waals surface area (Å²) in [5.74, 6) is 0. The van der Waals surface area contributed by atoms with Crippen molar-refractivity contribution in [1.82, 2.24) is 0 Å². The third-order valence-electron chi connectivity index (χ3n) is 14.6. The standard InChI is InChI=1S/C64H45NO/c1-63(2)55-30-14-16-32-57(55)64(58-33-17-15-31-56(58)63)54-29-13-10-26-49(54)50-38-36-43(40-59(50)64)65(44-37-39-53-52-28-12-19-35-61(52)66-62(53)41-44)60-34-18-11-27-51(60)48-25-9-8-24-47(48)46-23-7-6-22-45(46)42-20-4-3-5-21-42/h3-41H,1-2H3. The van der Waals surface area contributed by atoms with Crippen LogP contribution in [-0.4, -0.2) is 0 Å². The van der Waals surface area contributed by atoms with Crippen molar-refractivity contribution in [3.05, 3.63) is 270 Å². The molecule has 13 rings (SSSR count). The van der Waals surface area contributed by atoms with Crippen LogP contribution < -0.4 is 4.90 Å². The SMILES string of the molecule is CC1(C)c2ccccc2C2(c3ccccc3-c3ccc(N(c4ccc5c(c4)oc4ccccc45)c4ccccc4-c4ccccc4-c4ccccc4-c4ccccc4)cc32)c2ccccc21. The first-order valence-corrected chi connectivity index (χ1v) is 23.0. The lowest BCUT2D eigenvalue weighted by Crippen LogP contribution is -2.40. The van der Waals surface area contributed by atoms with Gasteiger partial charge in [-0.15, -0.1) is 0 Å². The molecular formula is C64H45NO. The number of hydrogen-bond donors (Lipinski definition) is 0. The highest BCUT2D eigenvalue weighted by atomic mass is 16.3. The molecule has 1 spiro atoms. The van der Waals surface area contributed by atoms with Crippen LogP contribution in [0.4, 0.5) is 17.1 Å². The van der Waals surface area contributed by atoms with E-state index in [4.69, 9.17) is 4.42 Å².